The summed E-state index contributed by atoms with van der Waals surface area (Å²) in [7, 11) is 0. The molecule has 7 heteroatoms. The number of thiophene rings is 1. The van der Waals surface area contributed by atoms with Gasteiger partial charge in [-0.3, -0.25) is 4.79 Å². The summed E-state index contributed by atoms with van der Waals surface area (Å²) in [5, 5.41) is 13.0. The minimum Gasteiger partial charge on any atom is -0.453 e. The molecule has 0 amide bonds. The number of nitriles is 1. The molecule has 0 fully saturated rings. The molecule has 2 heterocycles. The fraction of sp³-hybridized carbons (Fsp3) is 0.231. The number of carbonyl (C=O) groups excluding carboxylic acids is 2. The Morgan fingerprint density at radius 2 is 2.30 bits per heavy atom. The molecule has 2 rings (SSSR count). The maximum absolute atomic E-state index is 11.9. The van der Waals surface area contributed by atoms with Gasteiger partial charge in [0.1, 0.15) is 9.88 Å². The Morgan fingerprint density at radius 3 is 2.85 bits per heavy atom. The lowest BCUT2D eigenvalue weighted by atomic mass is 10.1. The van der Waals surface area contributed by atoms with Gasteiger partial charge in [0.25, 0.3) is 0 Å². The van der Waals surface area contributed by atoms with Crippen LogP contribution < -0.4 is 0 Å². The number of Topliss-reactive ketones (excluding diaryl/α,β-unsaturated/α-hetero) is 1. The van der Waals surface area contributed by atoms with Crippen molar-refractivity contribution in [1.29, 1.82) is 5.26 Å². The second-order valence-electron chi connectivity index (χ2n) is 3.91. The largest absolute Gasteiger partial charge is 0.453 e. The Hall–Kier alpha value is -2.04. The molecule has 2 aromatic rings. The summed E-state index contributed by atoms with van der Waals surface area (Å²) < 4.78 is 4.91. The normalized spacial score (nSPS) is 11.6. The second kappa shape index (κ2) is 6.41. The Labute approximate surface area is 123 Å². The minimum atomic E-state index is -0.982. The Balaban J connectivity index is 1.97. The van der Waals surface area contributed by atoms with Crippen LogP contribution >= 0.6 is 22.7 Å². The van der Waals surface area contributed by atoms with E-state index in [2.05, 4.69) is 4.98 Å². The summed E-state index contributed by atoms with van der Waals surface area (Å²) in [6.45, 7) is 1.36. The molecule has 0 spiro atoms. The van der Waals surface area contributed by atoms with Gasteiger partial charge in [-0.2, -0.15) is 5.26 Å². The van der Waals surface area contributed by atoms with E-state index in [9.17, 15) is 9.59 Å². The summed E-state index contributed by atoms with van der Waals surface area (Å²) >= 11 is 2.49. The molecule has 0 saturated carbocycles. The van der Waals surface area contributed by atoms with Gasteiger partial charge < -0.3 is 4.74 Å². The van der Waals surface area contributed by atoms with E-state index in [1.165, 1.54) is 22.7 Å². The Bertz CT molecular complexity index is 655. The number of thiazole rings is 1. The minimum absolute atomic E-state index is 0.423. The third-order valence-corrected chi connectivity index (χ3v) is 4.28. The lowest BCUT2D eigenvalue weighted by Gasteiger charge is -2.05. The van der Waals surface area contributed by atoms with Gasteiger partial charge in [0.15, 0.2) is 18.3 Å². The lowest BCUT2D eigenvalue weighted by Crippen LogP contribution is -2.19. The van der Waals surface area contributed by atoms with Crippen molar-refractivity contribution in [3.63, 3.8) is 0 Å². The summed E-state index contributed by atoms with van der Waals surface area (Å²) in [5.74, 6) is -2.00. The van der Waals surface area contributed by atoms with Crippen LogP contribution in [-0.2, 0) is 9.53 Å². The first-order valence-corrected chi connectivity index (χ1v) is 7.42. The molecular formula is C13H10N2O3S2. The van der Waals surface area contributed by atoms with Crippen LogP contribution in [0.1, 0.15) is 26.3 Å². The van der Waals surface area contributed by atoms with Gasteiger partial charge >= 0.3 is 5.97 Å². The number of aryl methyl sites for hydroxylation is 1. The van der Waals surface area contributed by atoms with Crippen LogP contribution in [0.2, 0.25) is 0 Å². The zero-order valence-electron chi connectivity index (χ0n) is 10.5. The van der Waals surface area contributed by atoms with Crippen LogP contribution in [0.15, 0.2) is 22.9 Å². The zero-order valence-corrected chi connectivity index (χ0v) is 12.2. The topological polar surface area (TPSA) is 80.0 Å². The van der Waals surface area contributed by atoms with Gasteiger partial charge in [0.05, 0.1) is 6.07 Å². The van der Waals surface area contributed by atoms with Crippen molar-refractivity contribution in [2.45, 2.75) is 12.8 Å². The summed E-state index contributed by atoms with van der Waals surface area (Å²) in [5.41, 5.74) is 0.758. The maximum atomic E-state index is 11.9. The number of ketones is 1. The molecule has 0 radical (unpaired) electrons. The van der Waals surface area contributed by atoms with Crippen molar-refractivity contribution in [1.82, 2.24) is 4.98 Å². The average molecular weight is 306 g/mol. The van der Waals surface area contributed by atoms with Gasteiger partial charge in [-0.25, -0.2) is 9.78 Å². The molecule has 102 valence electrons. The van der Waals surface area contributed by atoms with E-state index in [-0.39, 0.29) is 0 Å². The monoisotopic (exact) mass is 306 g/mol. The molecule has 0 bridgehead atoms. The van der Waals surface area contributed by atoms with Gasteiger partial charge in [0, 0.05) is 11.1 Å². The quantitative estimate of drug-likeness (QED) is 0.793. The highest BCUT2D eigenvalue weighted by molar-refractivity contribution is 7.12. The van der Waals surface area contributed by atoms with Crippen LogP contribution in [-0.4, -0.2) is 23.3 Å². The van der Waals surface area contributed by atoms with Crippen molar-refractivity contribution in [2.24, 2.45) is 0 Å². The first kappa shape index (κ1) is 14.4. The number of carbonyl (C=O) groups is 2. The fourth-order valence-electron chi connectivity index (χ4n) is 1.46. The molecule has 0 aromatic carbocycles. The van der Waals surface area contributed by atoms with E-state index in [4.69, 9.17) is 10.00 Å². The molecule has 0 N–H and O–H groups in total. The van der Waals surface area contributed by atoms with Crippen molar-refractivity contribution < 1.29 is 14.3 Å². The third kappa shape index (κ3) is 3.29. The molecule has 2 aromatic heterocycles. The number of ether oxygens (including phenoxy) is 1. The van der Waals surface area contributed by atoms with E-state index in [1.807, 2.05) is 6.07 Å². The summed E-state index contributed by atoms with van der Waals surface area (Å²) in [6, 6.07) is 5.24. The molecule has 0 aliphatic heterocycles. The van der Waals surface area contributed by atoms with E-state index in [0.29, 0.717) is 9.88 Å². The second-order valence-corrected chi connectivity index (χ2v) is 5.75. The molecule has 0 aliphatic rings. The number of rotatable bonds is 5. The zero-order chi connectivity index (χ0) is 14.5. The van der Waals surface area contributed by atoms with Crippen molar-refractivity contribution in [3.8, 4) is 6.07 Å². The summed E-state index contributed by atoms with van der Waals surface area (Å²) in [6.07, 6.45) is 0. The maximum Gasteiger partial charge on any atom is 0.348 e. The first-order valence-electron chi connectivity index (χ1n) is 5.67. The van der Waals surface area contributed by atoms with Crippen molar-refractivity contribution in [2.75, 3.05) is 6.61 Å². The Morgan fingerprint density at radius 1 is 1.50 bits per heavy atom. The highest BCUT2D eigenvalue weighted by Crippen LogP contribution is 2.21. The summed E-state index contributed by atoms with van der Waals surface area (Å²) in [4.78, 5) is 28.1. The predicted molar refractivity (Wildman–Crippen MR) is 74.8 cm³/mol. The van der Waals surface area contributed by atoms with Gasteiger partial charge in [-0.15, -0.1) is 22.7 Å². The molecule has 5 nitrogen and oxygen atoms in total. The van der Waals surface area contributed by atoms with Gasteiger partial charge in [0.2, 0.25) is 0 Å². The van der Waals surface area contributed by atoms with Crippen molar-refractivity contribution in [3.05, 3.63) is 38.5 Å². The van der Waals surface area contributed by atoms with Crippen LogP contribution in [0.3, 0.4) is 0 Å². The van der Waals surface area contributed by atoms with E-state index in [1.54, 1.807) is 29.8 Å². The molecule has 20 heavy (non-hydrogen) atoms. The van der Waals surface area contributed by atoms with Crippen molar-refractivity contribution >= 4 is 34.4 Å². The van der Waals surface area contributed by atoms with Crippen LogP contribution in [0.25, 0.3) is 0 Å². The van der Waals surface area contributed by atoms with E-state index < -0.39 is 24.3 Å². The molecule has 0 unspecified atom stereocenters. The van der Waals surface area contributed by atoms with Gasteiger partial charge in [-0.1, -0.05) is 6.07 Å². The van der Waals surface area contributed by atoms with Crippen LogP contribution in [0.4, 0.5) is 0 Å². The number of hydrogen-bond acceptors (Lipinski definition) is 7. The number of hydrogen-bond donors (Lipinski definition) is 0. The number of esters is 1. The predicted octanol–water partition coefficient (Wildman–Crippen LogP) is 2.55. The fourth-order valence-corrected chi connectivity index (χ4v) is 2.93. The number of nitrogens with zero attached hydrogens (tertiary/aromatic N) is 2. The molecule has 1 atom stereocenters. The van der Waals surface area contributed by atoms with Crippen LogP contribution in [0, 0.1) is 18.3 Å². The van der Waals surface area contributed by atoms with E-state index in [0.717, 1.165) is 5.69 Å². The SMILES string of the molecule is Cc1csc([C@H](C#N)C(=O)COC(=O)c2cccs2)n1. The highest BCUT2D eigenvalue weighted by atomic mass is 32.1. The molecular weight excluding hydrogens is 296 g/mol. The van der Waals surface area contributed by atoms with E-state index >= 15 is 0 Å². The molecule has 0 aliphatic carbocycles. The molecule has 0 saturated heterocycles. The van der Waals surface area contributed by atoms with Crippen LogP contribution in [0.5, 0.6) is 0 Å². The smallest absolute Gasteiger partial charge is 0.348 e. The first-order chi connectivity index (χ1) is 9.61. The lowest BCUT2D eigenvalue weighted by molar-refractivity contribution is -0.122. The Kier molecular flexibility index (Phi) is 4.61. The third-order valence-electron chi connectivity index (χ3n) is 2.40. The van der Waals surface area contributed by atoms with Gasteiger partial charge in [-0.05, 0) is 18.4 Å². The standard InChI is InChI=1S/C13H10N2O3S2/c1-8-7-20-12(15-8)9(5-14)10(16)6-18-13(17)11-3-2-4-19-11/h2-4,7,9H,6H2,1H3/t9-/m1/s1. The highest BCUT2D eigenvalue weighted by Gasteiger charge is 2.24. The average Bonchev–Trinajstić information content (AvgIpc) is 3.08. The number of aromatic nitrogens is 1.